The van der Waals surface area contributed by atoms with Crippen LogP contribution in [-0.2, 0) is 0 Å². The van der Waals surface area contributed by atoms with Crippen molar-refractivity contribution in [2.45, 2.75) is 0 Å². The lowest BCUT2D eigenvalue weighted by molar-refractivity contribution is 0.598. The maximum Gasteiger partial charge on any atom is 0.178 e. The summed E-state index contributed by atoms with van der Waals surface area (Å²) in [6.07, 6.45) is 0. The van der Waals surface area contributed by atoms with Gasteiger partial charge in [-0.25, -0.2) is 0 Å². The van der Waals surface area contributed by atoms with Gasteiger partial charge in [0.2, 0.25) is 0 Å². The minimum atomic E-state index is 0.697. The molecule has 0 amide bonds. The molecule has 3 heterocycles. The number of nitrogens with zero attached hydrogens (tertiary/aromatic N) is 2. The smallest absolute Gasteiger partial charge is 0.178 e. The Hall–Kier alpha value is -8.54. The summed E-state index contributed by atoms with van der Waals surface area (Å²) in [4.78, 5) is 4.52. The number of hydrogen-bond donors (Lipinski definition) is 0. The quantitative estimate of drug-likeness (QED) is 0.145. The van der Waals surface area contributed by atoms with Crippen molar-refractivity contribution in [2.24, 2.45) is 0 Å². The summed E-state index contributed by atoms with van der Waals surface area (Å²) in [6.45, 7) is 0. The maximum absolute atomic E-state index is 6.89. The second-order valence-corrected chi connectivity index (χ2v) is 15.7. The Morgan fingerprint density at radius 2 is 0.587 bits per heavy atom. The zero-order valence-corrected chi connectivity index (χ0v) is 34.1. The van der Waals surface area contributed by atoms with Crippen LogP contribution in [0.3, 0.4) is 0 Å². The first kappa shape index (κ1) is 36.3. The average Bonchev–Trinajstić information content (AvgIpc) is 4.12. The molecule has 0 N–H and O–H groups in total. The molecule has 0 aliphatic heterocycles. The lowest BCUT2D eigenvalue weighted by Gasteiger charge is -2.25. The third-order valence-corrected chi connectivity index (χ3v) is 11.8. The van der Waals surface area contributed by atoms with Gasteiger partial charge in [0.1, 0.15) is 22.9 Å². The number of anilines is 6. The Morgan fingerprint density at radius 3 is 1.00 bits per heavy atom. The van der Waals surface area contributed by atoms with E-state index in [2.05, 4.69) is 198 Å². The molecule has 9 aromatic carbocycles. The molecule has 0 fully saturated rings. The van der Waals surface area contributed by atoms with Gasteiger partial charge in [0.15, 0.2) is 11.2 Å². The topological polar surface area (TPSA) is 45.9 Å². The molecule has 0 radical (unpaired) electrons. The second-order valence-electron chi connectivity index (χ2n) is 15.7. The molecule has 12 rings (SSSR count). The van der Waals surface area contributed by atoms with Crippen LogP contribution < -0.4 is 9.80 Å². The highest BCUT2D eigenvalue weighted by Crippen LogP contribution is 2.45. The third kappa shape index (κ3) is 6.51. The van der Waals surface area contributed by atoms with E-state index in [1.165, 1.54) is 0 Å². The molecule has 0 atom stereocenters. The molecule has 5 nitrogen and oxygen atoms in total. The van der Waals surface area contributed by atoms with Crippen LogP contribution in [-0.4, -0.2) is 0 Å². The lowest BCUT2D eigenvalue weighted by atomic mass is 10.00. The fraction of sp³-hybridized carbons (Fsp3) is 0. The van der Waals surface area contributed by atoms with E-state index in [0.29, 0.717) is 11.2 Å². The fourth-order valence-electron chi connectivity index (χ4n) is 8.83. The second kappa shape index (κ2) is 15.2. The van der Waals surface area contributed by atoms with Crippen molar-refractivity contribution in [3.05, 3.63) is 231 Å². The first-order valence-electron chi connectivity index (χ1n) is 21.1. The standard InChI is InChI=1S/C58H38N2O3/c1-6-16-39(17-7-1)53-35-42-34-49-50(36-56(42)61-53)52-38-55(41-28-32-48(33-29-41)60(45-22-12-4-13-23-45)46-24-14-5-15-25-46)63-58(52)57-51(49)37-54(62-57)40-26-30-47(31-27-40)59(43-18-8-2-9-19-43)44-20-10-3-11-21-44/h1-38H. The van der Waals surface area contributed by atoms with Crippen molar-refractivity contribution in [2.75, 3.05) is 9.80 Å². The highest BCUT2D eigenvalue weighted by Gasteiger charge is 2.22. The van der Waals surface area contributed by atoms with E-state index in [0.717, 1.165) is 101 Å². The van der Waals surface area contributed by atoms with Gasteiger partial charge in [0.05, 0.1) is 0 Å². The van der Waals surface area contributed by atoms with Crippen LogP contribution in [0.25, 0.3) is 77.7 Å². The van der Waals surface area contributed by atoms with Crippen molar-refractivity contribution >= 4 is 77.8 Å². The SMILES string of the molecule is c1ccc(-c2cc3cc4c(cc3o2)c2cc(-c3ccc(N(c5ccccc5)c5ccccc5)cc3)oc2c2oc(-c3ccc(N(c5ccccc5)c5ccccc5)cc3)cc42)cc1. The summed E-state index contributed by atoms with van der Waals surface area (Å²) in [5, 5.41) is 5.07. The normalized spacial score (nSPS) is 11.5. The highest BCUT2D eigenvalue weighted by molar-refractivity contribution is 6.25. The molecular formula is C58H38N2O3. The van der Waals surface area contributed by atoms with Crippen LogP contribution in [0.4, 0.5) is 34.1 Å². The summed E-state index contributed by atoms with van der Waals surface area (Å²) in [6, 6.07) is 80.0. The van der Waals surface area contributed by atoms with Crippen LogP contribution in [0.5, 0.6) is 0 Å². The van der Waals surface area contributed by atoms with Gasteiger partial charge in [-0.1, -0.05) is 103 Å². The number of rotatable bonds is 9. The summed E-state index contributed by atoms with van der Waals surface area (Å²) in [5.74, 6) is 2.34. The van der Waals surface area contributed by atoms with Crippen molar-refractivity contribution < 1.29 is 13.3 Å². The zero-order chi connectivity index (χ0) is 41.7. The molecule has 0 saturated heterocycles. The number of benzene rings is 9. The predicted octanol–water partition coefficient (Wildman–Crippen LogP) is 17.0. The van der Waals surface area contributed by atoms with Crippen LogP contribution in [0.15, 0.2) is 244 Å². The summed E-state index contributed by atoms with van der Waals surface area (Å²) in [7, 11) is 0. The van der Waals surface area contributed by atoms with Gasteiger partial charge in [0.25, 0.3) is 0 Å². The van der Waals surface area contributed by atoms with Crippen LogP contribution in [0.2, 0.25) is 0 Å². The molecule has 0 unspecified atom stereocenters. The van der Waals surface area contributed by atoms with E-state index in [-0.39, 0.29) is 0 Å². The molecule has 12 aromatic rings. The fourth-order valence-corrected chi connectivity index (χ4v) is 8.83. The molecular weight excluding hydrogens is 773 g/mol. The number of para-hydroxylation sites is 4. The maximum atomic E-state index is 6.89. The number of furan rings is 3. The monoisotopic (exact) mass is 810 g/mol. The summed E-state index contributed by atoms with van der Waals surface area (Å²) < 4.78 is 20.3. The van der Waals surface area contributed by atoms with E-state index in [9.17, 15) is 0 Å². The zero-order valence-electron chi connectivity index (χ0n) is 34.1. The van der Waals surface area contributed by atoms with E-state index >= 15 is 0 Å². The Bertz CT molecular complexity index is 3230. The van der Waals surface area contributed by atoms with E-state index in [1.54, 1.807) is 0 Å². The molecule has 0 aliphatic rings. The third-order valence-electron chi connectivity index (χ3n) is 11.8. The van der Waals surface area contributed by atoms with E-state index < -0.39 is 0 Å². The van der Waals surface area contributed by atoms with Gasteiger partial charge in [-0.3, -0.25) is 0 Å². The highest BCUT2D eigenvalue weighted by atomic mass is 16.4. The minimum absolute atomic E-state index is 0.697. The first-order chi connectivity index (χ1) is 31.2. The largest absolute Gasteiger partial charge is 0.456 e. The van der Waals surface area contributed by atoms with Crippen molar-refractivity contribution in [3.63, 3.8) is 0 Å². The summed E-state index contributed by atoms with van der Waals surface area (Å²) in [5.41, 5.74) is 11.6. The van der Waals surface area contributed by atoms with E-state index in [4.69, 9.17) is 13.3 Å². The summed E-state index contributed by atoms with van der Waals surface area (Å²) >= 11 is 0. The van der Waals surface area contributed by atoms with Crippen LogP contribution in [0.1, 0.15) is 0 Å². The van der Waals surface area contributed by atoms with Gasteiger partial charge < -0.3 is 23.1 Å². The molecule has 63 heavy (non-hydrogen) atoms. The van der Waals surface area contributed by atoms with Gasteiger partial charge in [-0.15, -0.1) is 0 Å². The molecule has 3 aromatic heterocycles. The molecule has 298 valence electrons. The molecule has 5 heteroatoms. The van der Waals surface area contributed by atoms with Gasteiger partial charge in [-0.2, -0.15) is 0 Å². The van der Waals surface area contributed by atoms with Crippen molar-refractivity contribution in [1.29, 1.82) is 0 Å². The average molecular weight is 811 g/mol. The molecule has 0 spiro atoms. The Labute approximate surface area is 363 Å². The lowest BCUT2D eigenvalue weighted by Crippen LogP contribution is -2.09. The Balaban J connectivity index is 0.992. The number of hydrogen-bond acceptors (Lipinski definition) is 5. The number of fused-ring (bicyclic) bond motifs is 7. The molecule has 0 aliphatic carbocycles. The van der Waals surface area contributed by atoms with Crippen LogP contribution in [0, 0.1) is 0 Å². The van der Waals surface area contributed by atoms with Gasteiger partial charge in [0, 0.05) is 67.0 Å². The molecule has 0 saturated carbocycles. The Kier molecular flexibility index (Phi) is 8.75. The van der Waals surface area contributed by atoms with Crippen molar-refractivity contribution in [1.82, 2.24) is 0 Å². The van der Waals surface area contributed by atoms with Gasteiger partial charge in [-0.05, 0) is 138 Å². The first-order valence-corrected chi connectivity index (χ1v) is 21.1. The van der Waals surface area contributed by atoms with Gasteiger partial charge >= 0.3 is 0 Å². The van der Waals surface area contributed by atoms with Crippen molar-refractivity contribution in [3.8, 4) is 34.0 Å². The Morgan fingerprint density at radius 1 is 0.254 bits per heavy atom. The predicted molar refractivity (Wildman–Crippen MR) is 259 cm³/mol. The molecule has 0 bridgehead atoms. The minimum Gasteiger partial charge on any atom is -0.456 e. The van der Waals surface area contributed by atoms with E-state index in [1.807, 2.05) is 42.5 Å². The van der Waals surface area contributed by atoms with Crippen LogP contribution >= 0.6 is 0 Å².